The first-order valence-electron chi connectivity index (χ1n) is 26.7. The van der Waals surface area contributed by atoms with E-state index in [4.69, 9.17) is 26.2 Å². The molecule has 6 heteroatoms. The number of hydrogen-bond donors (Lipinski definition) is 0. The molecule has 10 aromatic rings. The Morgan fingerprint density at radius 2 is 1.38 bits per heavy atom. The number of benzene rings is 8. The van der Waals surface area contributed by atoms with E-state index in [9.17, 15) is 0 Å². The molecule has 1 aliphatic heterocycles. The number of pyridine rings is 1. The first kappa shape index (κ1) is 29.9. The maximum atomic E-state index is 9.07. The molecule has 0 fully saturated rings. The summed E-state index contributed by atoms with van der Waals surface area (Å²) in [6.45, 7) is 3.73. The van der Waals surface area contributed by atoms with Gasteiger partial charge in [0.05, 0.1) is 23.5 Å². The van der Waals surface area contributed by atoms with Crippen LogP contribution in [0.15, 0.2) is 194 Å². The molecule has 0 saturated heterocycles. The van der Waals surface area contributed by atoms with Crippen LogP contribution < -0.4 is 13.9 Å². The summed E-state index contributed by atoms with van der Waals surface area (Å²) in [4.78, 5) is 4.86. The van der Waals surface area contributed by atoms with Gasteiger partial charge in [-0.1, -0.05) is 164 Å². The van der Waals surface area contributed by atoms with E-state index in [0.29, 0.717) is 22.9 Å². The maximum absolute atomic E-state index is 9.07. The minimum Gasteiger partial charge on any atom is -0.509 e. The van der Waals surface area contributed by atoms with Crippen LogP contribution >= 0.6 is 0 Å². The summed E-state index contributed by atoms with van der Waals surface area (Å²) in [5, 5.41) is 1.93. The Morgan fingerprint density at radius 3 is 2.18 bits per heavy atom. The quantitative estimate of drug-likeness (QED) is 0.112. The summed E-state index contributed by atoms with van der Waals surface area (Å²) in [7, 11) is 0. The summed E-state index contributed by atoms with van der Waals surface area (Å²) >= 11 is 0. The van der Waals surface area contributed by atoms with Crippen molar-refractivity contribution in [3.05, 3.63) is 217 Å². The zero-order valence-electron chi connectivity index (χ0n) is 47.3. The number of aryl methyl sites for hydroxylation is 1. The number of rotatable bonds is 8. The SMILES string of the molecule is [2H]c1cc([2H])c(-c2cccc(-c3c([2H])c([2H])c([2H])c([2H])c3[2H])c2[N+]2=C=[N+](c3[c-]c(Oc4[c-]c5c(cc4)c4cc(-c6ccccc6)ccc4n5-c4cc(C(C)(C)C)ccn4)ccc3)c3cccc(C([2H])([2H])[2H])c32)c([2H])c1[2H].[Pt+2]. The van der Waals surface area contributed by atoms with Crippen molar-refractivity contribution in [2.75, 3.05) is 0 Å². The van der Waals surface area contributed by atoms with E-state index in [1.807, 2.05) is 42.6 Å². The third-order valence-electron chi connectivity index (χ3n) is 11.3. The van der Waals surface area contributed by atoms with Crippen LogP contribution in [0.4, 0.5) is 22.7 Å². The van der Waals surface area contributed by atoms with Gasteiger partial charge in [0, 0.05) is 39.0 Å². The Hall–Kier alpha value is -7.42. The van der Waals surface area contributed by atoms with Crippen LogP contribution in [0.1, 0.15) is 48.3 Å². The van der Waals surface area contributed by atoms with Gasteiger partial charge in [-0.05, 0) is 80.4 Å². The van der Waals surface area contributed by atoms with Gasteiger partial charge >= 0.3 is 32.8 Å². The van der Waals surface area contributed by atoms with Gasteiger partial charge < -0.3 is 9.30 Å². The number of para-hydroxylation sites is 2. The minimum atomic E-state index is -2.74. The van der Waals surface area contributed by atoms with Crippen molar-refractivity contribution < 1.29 is 42.3 Å². The van der Waals surface area contributed by atoms with Crippen LogP contribution in [-0.2, 0) is 26.5 Å². The molecular formula is C59H44N4OPt+2. The topological polar surface area (TPSA) is 33.1 Å². The number of ether oxygens (including phenoxy) is 1. The molecule has 0 saturated carbocycles. The second kappa shape index (κ2) is 16.9. The second-order valence-electron chi connectivity index (χ2n) is 16.4. The Morgan fingerprint density at radius 1 is 0.631 bits per heavy atom. The Kier molecular flexibility index (Phi) is 7.78. The zero-order valence-corrected chi connectivity index (χ0v) is 37.6. The molecule has 0 N–H and O–H groups in total. The average molecular weight is 1030 g/mol. The number of fused-ring (bicyclic) bond motifs is 4. The van der Waals surface area contributed by atoms with Gasteiger partial charge in [-0.25, -0.2) is 4.98 Å². The molecule has 0 aliphatic carbocycles. The van der Waals surface area contributed by atoms with Crippen LogP contribution in [0, 0.1) is 19.0 Å². The third kappa shape index (κ3) is 7.63. The van der Waals surface area contributed by atoms with Crippen molar-refractivity contribution in [2.24, 2.45) is 0 Å². The first-order valence-corrected chi connectivity index (χ1v) is 20.7. The van der Waals surface area contributed by atoms with Gasteiger partial charge in [-0.3, -0.25) is 0 Å². The van der Waals surface area contributed by atoms with Gasteiger partial charge in [0.15, 0.2) is 0 Å². The van der Waals surface area contributed by atoms with Gasteiger partial charge in [-0.2, -0.15) is 12.1 Å². The zero-order chi connectivity index (χ0) is 53.7. The number of hydrogen-bond acceptors (Lipinski definition) is 2. The van der Waals surface area contributed by atoms with E-state index >= 15 is 0 Å². The maximum Gasteiger partial charge on any atom is 2.00 e. The summed E-state index contributed by atoms with van der Waals surface area (Å²) in [6, 6.07) is 45.7. The Bertz CT molecular complexity index is 4130. The molecule has 2 aromatic heterocycles. The van der Waals surface area contributed by atoms with Crippen molar-refractivity contribution >= 4 is 50.6 Å². The average Bonchev–Trinajstić information content (AvgIpc) is 3.95. The first-order chi connectivity index (χ1) is 36.2. The van der Waals surface area contributed by atoms with Crippen molar-refractivity contribution in [3.8, 4) is 50.7 Å². The summed E-state index contributed by atoms with van der Waals surface area (Å²) in [5.74, 6) is 1.34. The van der Waals surface area contributed by atoms with E-state index in [-0.39, 0.29) is 83.5 Å². The van der Waals surface area contributed by atoms with Gasteiger partial charge in [0.25, 0.3) is 5.69 Å². The molecule has 65 heavy (non-hydrogen) atoms. The molecular weight excluding hydrogens is 976 g/mol. The second-order valence-corrected chi connectivity index (χ2v) is 16.4. The summed E-state index contributed by atoms with van der Waals surface area (Å²) < 4.78 is 117. The molecule has 0 radical (unpaired) electrons. The fourth-order valence-electron chi connectivity index (χ4n) is 8.28. The van der Waals surface area contributed by atoms with Gasteiger partial charge in [-0.15, -0.1) is 23.6 Å². The summed E-state index contributed by atoms with van der Waals surface area (Å²) in [6.07, 6.45) is 1.82. The van der Waals surface area contributed by atoms with Crippen molar-refractivity contribution in [1.82, 2.24) is 18.7 Å². The molecule has 3 heterocycles. The monoisotopic (exact) mass is 1030 g/mol. The number of nitrogens with zero attached hydrogens (tertiary/aromatic N) is 4. The van der Waals surface area contributed by atoms with E-state index < -0.39 is 49.1 Å². The van der Waals surface area contributed by atoms with Gasteiger partial charge in [0.2, 0.25) is 5.69 Å². The van der Waals surface area contributed by atoms with E-state index in [1.165, 1.54) is 28.8 Å². The summed E-state index contributed by atoms with van der Waals surface area (Å²) in [5.41, 5.74) is 5.10. The van der Waals surface area contributed by atoms with E-state index in [1.54, 1.807) is 34.9 Å². The molecule has 0 atom stereocenters. The molecule has 1 aliphatic rings. The Labute approximate surface area is 411 Å². The Balaban J connectivity index is 0.00000672. The van der Waals surface area contributed by atoms with Crippen LogP contribution in [-0.4, -0.2) is 15.6 Å². The van der Waals surface area contributed by atoms with Crippen LogP contribution in [0.2, 0.25) is 0 Å². The molecule has 0 spiro atoms. The molecule has 5 nitrogen and oxygen atoms in total. The van der Waals surface area contributed by atoms with Crippen molar-refractivity contribution in [1.29, 1.82) is 0 Å². The van der Waals surface area contributed by atoms with Crippen molar-refractivity contribution in [2.45, 2.75) is 33.0 Å². The molecule has 0 amide bonds. The fraction of sp³-hybridized carbons (Fsp3) is 0.0847. The minimum absolute atomic E-state index is 0. The number of aromatic nitrogens is 2. The largest absolute Gasteiger partial charge is 2.00 e. The standard InChI is InChI=1S/C59H44N4O.Pt/c1-40-17-14-28-54-57(40)62(58-49(42-20-10-6-11-21-42)26-16-27-50(58)43-22-12-7-13-23-43)39-61(54)46-24-15-25-47(37-46)64-48-30-31-51-52-35-44(41-18-8-5-9-19-41)29-32-53(52)63(55(51)38-48)56-36-45(33-34-60-56)59(2,3)4;/h5-36H,1-4H3;/q;+2/i1D3,6D,7D,10D,11D,12D,20D,21D,22D,23D;. The van der Waals surface area contributed by atoms with E-state index in [2.05, 4.69) is 79.9 Å². The molecule has 314 valence electrons. The predicted octanol–water partition coefficient (Wildman–Crippen LogP) is 15.0. The van der Waals surface area contributed by atoms with Crippen molar-refractivity contribution in [3.63, 3.8) is 0 Å². The van der Waals surface area contributed by atoms with Gasteiger partial charge in [0.1, 0.15) is 11.5 Å². The molecule has 0 unspecified atom stereocenters. The predicted molar refractivity (Wildman–Crippen MR) is 263 cm³/mol. The third-order valence-corrected chi connectivity index (χ3v) is 11.3. The van der Waals surface area contributed by atoms with Crippen LogP contribution in [0.3, 0.4) is 0 Å². The molecule has 8 aromatic carbocycles. The smallest absolute Gasteiger partial charge is 0.509 e. The van der Waals surface area contributed by atoms with E-state index in [0.717, 1.165) is 44.6 Å². The molecule has 0 bridgehead atoms. The molecule has 11 rings (SSSR count). The fourth-order valence-corrected chi connectivity index (χ4v) is 8.28. The normalized spacial score (nSPS) is 14.9. The van der Waals surface area contributed by atoms with Crippen LogP contribution in [0.5, 0.6) is 11.5 Å². The van der Waals surface area contributed by atoms with Crippen LogP contribution in [0.25, 0.3) is 61.0 Å².